The molecule has 1 atom stereocenters. The molecule has 0 saturated carbocycles. The third-order valence-electron chi connectivity index (χ3n) is 3.26. The van der Waals surface area contributed by atoms with Crippen LogP contribution in [0.1, 0.15) is 66.7 Å². The van der Waals surface area contributed by atoms with E-state index < -0.39 is 11.4 Å². The first-order chi connectivity index (χ1) is 7.25. The minimum atomic E-state index is -0.535. The van der Waals surface area contributed by atoms with Gasteiger partial charge in [-0.2, -0.15) is 5.26 Å². The number of hydrogen-bond acceptors (Lipinski definition) is 3. The summed E-state index contributed by atoms with van der Waals surface area (Å²) < 4.78 is 0. The van der Waals surface area contributed by atoms with Crippen molar-refractivity contribution in [3.8, 4) is 0 Å². The van der Waals surface area contributed by atoms with Crippen molar-refractivity contribution in [1.82, 2.24) is 0 Å². The van der Waals surface area contributed by atoms with Gasteiger partial charge in [0.05, 0.1) is 5.41 Å². The van der Waals surface area contributed by atoms with E-state index in [0.717, 1.165) is 25.7 Å². The Hall–Kier alpha value is -0.570. The normalized spacial score (nSPS) is 15.6. The predicted octanol–water partition coefficient (Wildman–Crippen LogP) is 4.03. The Morgan fingerprint density at radius 2 is 1.62 bits per heavy atom. The Morgan fingerprint density at radius 1 is 1.12 bits per heavy atom. The number of hydrogen-bond donors (Lipinski definition) is 1. The Morgan fingerprint density at radius 3 is 2.00 bits per heavy atom. The molecule has 0 radical (unpaired) electrons. The first-order valence-electron chi connectivity index (χ1n) is 6.11. The Bertz CT molecular complexity index is 218. The SMILES string of the molecule is CCC(C)(CCCCC(C)(C)C)C(=O)OO. The first-order valence-corrected chi connectivity index (χ1v) is 6.11. The fourth-order valence-corrected chi connectivity index (χ4v) is 1.70. The van der Waals surface area contributed by atoms with Crippen molar-refractivity contribution in [2.24, 2.45) is 10.8 Å². The van der Waals surface area contributed by atoms with Crippen LogP contribution in [0.2, 0.25) is 0 Å². The molecule has 0 spiro atoms. The summed E-state index contributed by atoms with van der Waals surface area (Å²) in [7, 11) is 0. The van der Waals surface area contributed by atoms with Crippen LogP contribution in [0.5, 0.6) is 0 Å². The number of carbonyl (C=O) groups excluding carboxylic acids is 1. The molecule has 3 nitrogen and oxygen atoms in total. The molecular formula is C13H26O3. The molecule has 0 heterocycles. The van der Waals surface area contributed by atoms with Crippen molar-refractivity contribution >= 4 is 5.97 Å². The summed E-state index contributed by atoms with van der Waals surface area (Å²) in [5.74, 6) is -0.509. The Kier molecular flexibility index (Phi) is 6.01. The molecule has 0 amide bonds. The molecule has 16 heavy (non-hydrogen) atoms. The molecule has 0 aromatic heterocycles. The maximum Gasteiger partial charge on any atom is 0.347 e. The van der Waals surface area contributed by atoms with Gasteiger partial charge in [0, 0.05) is 0 Å². The third kappa shape index (κ3) is 5.50. The number of unbranched alkanes of at least 4 members (excludes halogenated alkanes) is 1. The molecule has 0 aromatic rings. The van der Waals surface area contributed by atoms with Crippen molar-refractivity contribution in [1.29, 1.82) is 0 Å². The van der Waals surface area contributed by atoms with E-state index in [2.05, 4.69) is 25.7 Å². The Labute approximate surface area is 99.1 Å². The molecule has 0 aliphatic heterocycles. The summed E-state index contributed by atoms with van der Waals surface area (Å²) in [4.78, 5) is 15.2. The highest BCUT2D eigenvalue weighted by Gasteiger charge is 2.32. The van der Waals surface area contributed by atoms with Crippen molar-refractivity contribution in [2.75, 3.05) is 0 Å². The van der Waals surface area contributed by atoms with Gasteiger partial charge in [0.2, 0.25) is 0 Å². The largest absolute Gasteiger partial charge is 0.347 e. The smallest absolute Gasteiger partial charge is 0.300 e. The van der Waals surface area contributed by atoms with Gasteiger partial charge >= 0.3 is 5.97 Å². The lowest BCUT2D eigenvalue weighted by molar-refractivity contribution is -0.245. The van der Waals surface area contributed by atoms with Crippen LogP contribution >= 0.6 is 0 Å². The molecular weight excluding hydrogens is 204 g/mol. The zero-order valence-electron chi connectivity index (χ0n) is 11.3. The molecule has 0 bridgehead atoms. The second-order valence-corrected chi connectivity index (χ2v) is 6.06. The summed E-state index contributed by atoms with van der Waals surface area (Å²) in [6, 6.07) is 0. The summed E-state index contributed by atoms with van der Waals surface area (Å²) in [5, 5.41) is 8.44. The monoisotopic (exact) mass is 230 g/mol. The molecule has 0 rings (SSSR count). The zero-order chi connectivity index (χ0) is 12.8. The molecule has 1 unspecified atom stereocenters. The van der Waals surface area contributed by atoms with E-state index in [4.69, 9.17) is 5.26 Å². The minimum Gasteiger partial charge on any atom is -0.300 e. The summed E-state index contributed by atoms with van der Waals surface area (Å²) in [6.45, 7) is 10.4. The van der Waals surface area contributed by atoms with Crippen LogP contribution in [-0.2, 0) is 9.68 Å². The maximum atomic E-state index is 11.4. The van der Waals surface area contributed by atoms with Crippen LogP contribution in [0, 0.1) is 10.8 Å². The van der Waals surface area contributed by atoms with Gasteiger partial charge in [-0.3, -0.25) is 0 Å². The average Bonchev–Trinajstić information content (AvgIpc) is 2.21. The minimum absolute atomic E-state index is 0.347. The van der Waals surface area contributed by atoms with Crippen LogP contribution in [-0.4, -0.2) is 11.2 Å². The fraction of sp³-hybridized carbons (Fsp3) is 0.923. The lowest BCUT2D eigenvalue weighted by Gasteiger charge is -2.24. The van der Waals surface area contributed by atoms with E-state index in [-0.39, 0.29) is 0 Å². The van der Waals surface area contributed by atoms with Gasteiger partial charge in [0.15, 0.2) is 0 Å². The summed E-state index contributed by atoms with van der Waals surface area (Å²) in [5.41, 5.74) is -0.188. The molecule has 96 valence electrons. The van der Waals surface area contributed by atoms with E-state index in [0.29, 0.717) is 11.8 Å². The molecule has 0 aromatic carbocycles. The van der Waals surface area contributed by atoms with Gasteiger partial charge < -0.3 is 4.89 Å². The molecule has 0 aliphatic carbocycles. The highest BCUT2D eigenvalue weighted by atomic mass is 17.1. The van der Waals surface area contributed by atoms with E-state index in [1.807, 2.05) is 13.8 Å². The summed E-state index contributed by atoms with van der Waals surface area (Å²) >= 11 is 0. The standard InChI is InChI=1S/C13H26O3/c1-6-13(5,11(14)16-15)10-8-7-9-12(2,3)4/h15H,6-10H2,1-5H3. The van der Waals surface area contributed by atoms with Gasteiger partial charge in [-0.15, -0.1) is 0 Å². The van der Waals surface area contributed by atoms with E-state index in [9.17, 15) is 4.79 Å². The lowest BCUT2D eigenvalue weighted by Crippen LogP contribution is -2.28. The topological polar surface area (TPSA) is 46.5 Å². The van der Waals surface area contributed by atoms with Crippen LogP contribution in [0.4, 0.5) is 0 Å². The molecule has 0 saturated heterocycles. The van der Waals surface area contributed by atoms with Crippen molar-refractivity contribution in [3.63, 3.8) is 0 Å². The summed E-state index contributed by atoms with van der Waals surface area (Å²) in [6.07, 6.45) is 4.73. The van der Waals surface area contributed by atoms with Crippen molar-refractivity contribution < 1.29 is 14.9 Å². The van der Waals surface area contributed by atoms with E-state index in [1.54, 1.807) is 0 Å². The van der Waals surface area contributed by atoms with E-state index >= 15 is 0 Å². The number of carbonyl (C=O) groups is 1. The van der Waals surface area contributed by atoms with Crippen LogP contribution in [0.25, 0.3) is 0 Å². The first kappa shape index (κ1) is 15.4. The van der Waals surface area contributed by atoms with Gasteiger partial charge in [-0.05, 0) is 31.6 Å². The lowest BCUT2D eigenvalue weighted by atomic mass is 9.81. The second-order valence-electron chi connectivity index (χ2n) is 6.06. The van der Waals surface area contributed by atoms with Gasteiger partial charge in [-0.25, -0.2) is 4.79 Å². The van der Waals surface area contributed by atoms with Crippen molar-refractivity contribution in [2.45, 2.75) is 66.7 Å². The molecule has 3 heteroatoms. The molecule has 1 N–H and O–H groups in total. The van der Waals surface area contributed by atoms with Gasteiger partial charge in [0.1, 0.15) is 0 Å². The van der Waals surface area contributed by atoms with Crippen LogP contribution in [0.3, 0.4) is 0 Å². The van der Waals surface area contributed by atoms with Crippen LogP contribution < -0.4 is 0 Å². The van der Waals surface area contributed by atoms with Gasteiger partial charge in [-0.1, -0.05) is 40.5 Å². The molecule has 0 aliphatic rings. The predicted molar refractivity (Wildman–Crippen MR) is 65.0 cm³/mol. The number of rotatable bonds is 6. The Balaban J connectivity index is 4.02. The second kappa shape index (κ2) is 6.24. The average molecular weight is 230 g/mol. The highest BCUT2D eigenvalue weighted by molar-refractivity contribution is 5.75. The fourth-order valence-electron chi connectivity index (χ4n) is 1.70. The third-order valence-corrected chi connectivity index (χ3v) is 3.26. The molecule has 0 fully saturated rings. The zero-order valence-corrected chi connectivity index (χ0v) is 11.3. The van der Waals surface area contributed by atoms with E-state index in [1.165, 1.54) is 0 Å². The van der Waals surface area contributed by atoms with Crippen LogP contribution in [0.15, 0.2) is 0 Å². The van der Waals surface area contributed by atoms with Gasteiger partial charge in [0.25, 0.3) is 0 Å². The quantitative estimate of drug-likeness (QED) is 0.426. The maximum absolute atomic E-state index is 11.4. The van der Waals surface area contributed by atoms with Crippen molar-refractivity contribution in [3.05, 3.63) is 0 Å². The highest BCUT2D eigenvalue weighted by Crippen LogP contribution is 2.31.